The molecule has 4 rings (SSSR count). The number of aromatic nitrogens is 1. The number of carbonyl (C=O) groups excluding carboxylic acids is 1. The van der Waals surface area contributed by atoms with Gasteiger partial charge in [0.25, 0.3) is 5.56 Å². The third-order valence-electron chi connectivity index (χ3n) is 6.08. The van der Waals surface area contributed by atoms with Crippen molar-refractivity contribution in [3.05, 3.63) is 109 Å². The standard InChI is InChI=1S/C29H30N2O4S/c1-7-16-35-27(33)24-18(2)30-28-31(25(24)20-10-14-22(34-6)15-11-20)26(32)23(36-28)17-19-8-12-21(13-9-19)29(3,4)5/h7-15,17,25H,1,16H2,2-6H3/b23-17+/t25-/m1/s1. The number of hydrogen-bond acceptors (Lipinski definition) is 6. The highest BCUT2D eigenvalue weighted by atomic mass is 32.1. The summed E-state index contributed by atoms with van der Waals surface area (Å²) < 4.78 is 12.8. The maximum absolute atomic E-state index is 13.7. The zero-order valence-corrected chi connectivity index (χ0v) is 22.0. The van der Waals surface area contributed by atoms with E-state index in [1.54, 1.807) is 18.6 Å². The van der Waals surface area contributed by atoms with Crippen molar-refractivity contribution in [2.75, 3.05) is 13.7 Å². The van der Waals surface area contributed by atoms with E-state index in [9.17, 15) is 9.59 Å². The molecule has 2 heterocycles. The molecule has 6 nitrogen and oxygen atoms in total. The molecule has 7 heteroatoms. The molecular formula is C29H30N2O4S. The Kier molecular flexibility index (Phi) is 7.13. The van der Waals surface area contributed by atoms with Gasteiger partial charge >= 0.3 is 5.97 Å². The van der Waals surface area contributed by atoms with Gasteiger partial charge in [-0.15, -0.1) is 0 Å². The van der Waals surface area contributed by atoms with E-state index < -0.39 is 12.0 Å². The van der Waals surface area contributed by atoms with Crippen molar-refractivity contribution in [2.45, 2.75) is 39.2 Å². The van der Waals surface area contributed by atoms with Gasteiger partial charge in [-0.25, -0.2) is 9.79 Å². The molecule has 1 atom stereocenters. The van der Waals surface area contributed by atoms with Gasteiger partial charge in [0.1, 0.15) is 12.4 Å². The fourth-order valence-electron chi connectivity index (χ4n) is 4.13. The van der Waals surface area contributed by atoms with Crippen molar-refractivity contribution in [3.63, 3.8) is 0 Å². The molecule has 2 aromatic carbocycles. The zero-order valence-electron chi connectivity index (χ0n) is 21.2. The number of fused-ring (bicyclic) bond motifs is 1. The van der Waals surface area contributed by atoms with Gasteiger partial charge in [0.15, 0.2) is 4.80 Å². The lowest BCUT2D eigenvalue weighted by Gasteiger charge is -2.24. The molecule has 1 aliphatic heterocycles. The number of methoxy groups -OCH3 is 1. The summed E-state index contributed by atoms with van der Waals surface area (Å²) in [6.07, 6.45) is 3.38. The summed E-state index contributed by atoms with van der Waals surface area (Å²) >= 11 is 1.31. The van der Waals surface area contributed by atoms with Crippen LogP contribution in [0.1, 0.15) is 50.4 Å². The molecular weight excluding hydrogens is 472 g/mol. The highest BCUT2D eigenvalue weighted by Gasteiger charge is 2.33. The van der Waals surface area contributed by atoms with E-state index in [-0.39, 0.29) is 17.6 Å². The second kappa shape index (κ2) is 10.1. The monoisotopic (exact) mass is 502 g/mol. The normalized spacial score (nSPS) is 15.8. The Morgan fingerprint density at radius 1 is 1.14 bits per heavy atom. The summed E-state index contributed by atoms with van der Waals surface area (Å²) in [5, 5.41) is 0. The van der Waals surface area contributed by atoms with E-state index in [2.05, 4.69) is 44.5 Å². The molecule has 0 saturated heterocycles. The Morgan fingerprint density at radius 3 is 2.39 bits per heavy atom. The number of ether oxygens (including phenoxy) is 2. The highest BCUT2D eigenvalue weighted by molar-refractivity contribution is 7.07. The number of rotatable bonds is 6. The molecule has 0 fully saturated rings. The van der Waals surface area contributed by atoms with Gasteiger partial charge in [0.05, 0.1) is 29.0 Å². The fourth-order valence-corrected chi connectivity index (χ4v) is 5.17. The van der Waals surface area contributed by atoms with Crippen LogP contribution in [0.15, 0.2) is 82.2 Å². The lowest BCUT2D eigenvalue weighted by Crippen LogP contribution is -2.39. The second-order valence-corrected chi connectivity index (χ2v) is 10.6. The molecule has 0 aliphatic carbocycles. The van der Waals surface area contributed by atoms with Crippen LogP contribution >= 0.6 is 11.3 Å². The first-order valence-corrected chi connectivity index (χ1v) is 12.5. The molecule has 0 radical (unpaired) electrons. The van der Waals surface area contributed by atoms with E-state index in [1.807, 2.05) is 42.5 Å². The molecule has 0 N–H and O–H groups in total. The van der Waals surface area contributed by atoms with E-state index in [0.29, 0.717) is 26.4 Å². The number of allylic oxidation sites excluding steroid dienone is 1. The van der Waals surface area contributed by atoms with Gasteiger partial charge in [-0.2, -0.15) is 0 Å². The molecule has 0 spiro atoms. The summed E-state index contributed by atoms with van der Waals surface area (Å²) in [6, 6.07) is 14.9. The van der Waals surface area contributed by atoms with Crippen molar-refractivity contribution in [2.24, 2.45) is 4.99 Å². The van der Waals surface area contributed by atoms with Crippen molar-refractivity contribution >= 4 is 23.4 Å². The number of esters is 1. The van der Waals surface area contributed by atoms with Crippen LogP contribution in [0.5, 0.6) is 5.75 Å². The van der Waals surface area contributed by atoms with Crippen LogP contribution in [0.25, 0.3) is 6.08 Å². The lowest BCUT2D eigenvalue weighted by molar-refractivity contribution is -0.138. The number of thiazole rings is 1. The molecule has 0 saturated carbocycles. The first-order valence-electron chi connectivity index (χ1n) is 11.7. The quantitative estimate of drug-likeness (QED) is 0.373. The van der Waals surface area contributed by atoms with Gasteiger partial charge in [-0.05, 0) is 47.2 Å². The van der Waals surface area contributed by atoms with Gasteiger partial charge in [0, 0.05) is 0 Å². The maximum Gasteiger partial charge on any atom is 0.338 e. The van der Waals surface area contributed by atoms with Crippen LogP contribution in [0.4, 0.5) is 0 Å². The van der Waals surface area contributed by atoms with Crippen molar-refractivity contribution in [1.82, 2.24) is 4.57 Å². The minimum atomic E-state index is -0.671. The first kappa shape index (κ1) is 25.4. The number of nitrogens with zero attached hydrogens (tertiary/aromatic N) is 2. The average Bonchev–Trinajstić information content (AvgIpc) is 3.15. The van der Waals surface area contributed by atoms with Crippen LogP contribution in [-0.4, -0.2) is 24.3 Å². The molecule has 1 aliphatic rings. The summed E-state index contributed by atoms with van der Waals surface area (Å²) in [5.41, 5.74) is 3.60. The largest absolute Gasteiger partial charge is 0.497 e. The third kappa shape index (κ3) is 4.97. The Morgan fingerprint density at radius 2 is 1.81 bits per heavy atom. The van der Waals surface area contributed by atoms with Crippen molar-refractivity contribution in [1.29, 1.82) is 0 Å². The van der Waals surface area contributed by atoms with Gasteiger partial charge in [-0.1, -0.05) is 81.2 Å². The Balaban J connectivity index is 1.87. The van der Waals surface area contributed by atoms with Crippen LogP contribution < -0.4 is 19.6 Å². The smallest absolute Gasteiger partial charge is 0.338 e. The van der Waals surface area contributed by atoms with Crippen LogP contribution in [0, 0.1) is 0 Å². The van der Waals surface area contributed by atoms with E-state index in [4.69, 9.17) is 9.47 Å². The average molecular weight is 503 g/mol. The van der Waals surface area contributed by atoms with Gasteiger partial charge in [0.2, 0.25) is 0 Å². The van der Waals surface area contributed by atoms with Crippen LogP contribution in [0.2, 0.25) is 0 Å². The minimum Gasteiger partial charge on any atom is -0.497 e. The first-order chi connectivity index (χ1) is 17.1. The Hall–Kier alpha value is -3.71. The van der Waals surface area contributed by atoms with Crippen molar-refractivity contribution < 1.29 is 14.3 Å². The van der Waals surface area contributed by atoms with Crippen LogP contribution in [0.3, 0.4) is 0 Å². The summed E-state index contributed by atoms with van der Waals surface area (Å²) in [7, 11) is 1.59. The van der Waals surface area contributed by atoms with E-state index in [1.165, 1.54) is 23.0 Å². The van der Waals surface area contributed by atoms with Crippen molar-refractivity contribution in [3.8, 4) is 5.75 Å². The molecule has 1 aromatic heterocycles. The minimum absolute atomic E-state index is 0.0460. The number of carbonyl (C=O) groups is 1. The molecule has 0 unspecified atom stereocenters. The number of hydrogen-bond donors (Lipinski definition) is 0. The number of benzene rings is 2. The topological polar surface area (TPSA) is 69.9 Å². The Labute approximate surface area is 214 Å². The van der Waals surface area contributed by atoms with E-state index >= 15 is 0 Å². The maximum atomic E-state index is 13.7. The lowest BCUT2D eigenvalue weighted by atomic mass is 9.87. The second-order valence-electron chi connectivity index (χ2n) is 9.61. The molecule has 0 bridgehead atoms. The summed E-state index contributed by atoms with van der Waals surface area (Å²) in [4.78, 5) is 31.9. The van der Waals surface area contributed by atoms with E-state index in [0.717, 1.165) is 11.1 Å². The van der Waals surface area contributed by atoms with Gasteiger partial charge < -0.3 is 9.47 Å². The fraction of sp³-hybridized carbons (Fsp3) is 0.276. The zero-order chi connectivity index (χ0) is 26.0. The van der Waals surface area contributed by atoms with Crippen LogP contribution in [-0.2, 0) is 14.9 Å². The predicted octanol–water partition coefficient (Wildman–Crippen LogP) is 4.27. The van der Waals surface area contributed by atoms with Gasteiger partial charge in [-0.3, -0.25) is 9.36 Å². The molecule has 36 heavy (non-hydrogen) atoms. The molecule has 3 aromatic rings. The molecule has 0 amide bonds. The third-order valence-corrected chi connectivity index (χ3v) is 7.06. The summed E-state index contributed by atoms with van der Waals surface area (Å²) in [5.74, 6) is 0.158. The summed E-state index contributed by atoms with van der Waals surface area (Å²) in [6.45, 7) is 12.0. The Bertz CT molecular complexity index is 1500. The SMILES string of the molecule is C=CCOC(=O)C1=C(C)N=c2s/c(=C/c3ccc(C(C)(C)C)cc3)c(=O)n2[C@@H]1c1ccc(OC)cc1. The highest BCUT2D eigenvalue weighted by Crippen LogP contribution is 2.31. The molecule has 186 valence electrons. The predicted molar refractivity (Wildman–Crippen MR) is 143 cm³/mol.